The predicted octanol–water partition coefficient (Wildman–Crippen LogP) is 3.59. The van der Waals surface area contributed by atoms with Crippen molar-refractivity contribution in [1.29, 1.82) is 0 Å². The molecule has 4 nitrogen and oxygen atoms in total. The molecule has 94 valence electrons. The van der Waals surface area contributed by atoms with Crippen LogP contribution in [-0.4, -0.2) is 17.1 Å². The minimum atomic E-state index is 0.283. The second-order valence-corrected chi connectivity index (χ2v) is 5.10. The number of hydrogen-bond donors (Lipinski definition) is 0. The van der Waals surface area contributed by atoms with E-state index in [-0.39, 0.29) is 6.01 Å². The van der Waals surface area contributed by atoms with E-state index in [0.29, 0.717) is 17.0 Å². The van der Waals surface area contributed by atoms with E-state index in [4.69, 9.17) is 9.47 Å². The Balaban J connectivity index is 2.09. The Bertz CT molecular complexity index is 549. The summed E-state index contributed by atoms with van der Waals surface area (Å²) in [7, 11) is 1.55. The van der Waals surface area contributed by atoms with Crippen LogP contribution in [0.1, 0.15) is 5.56 Å². The molecule has 0 aliphatic carbocycles. The van der Waals surface area contributed by atoms with E-state index in [9.17, 15) is 0 Å². The van der Waals surface area contributed by atoms with Crippen LogP contribution >= 0.6 is 31.9 Å². The number of ether oxygens (including phenoxy) is 2. The molecule has 0 spiro atoms. The van der Waals surface area contributed by atoms with Gasteiger partial charge in [0, 0.05) is 10.0 Å². The van der Waals surface area contributed by atoms with Gasteiger partial charge in [0.1, 0.15) is 6.61 Å². The second-order valence-electron chi connectivity index (χ2n) is 3.39. The minimum Gasteiger partial charge on any atom is -0.480 e. The molecule has 18 heavy (non-hydrogen) atoms. The van der Waals surface area contributed by atoms with Crippen LogP contribution in [0.25, 0.3) is 0 Å². The Hall–Kier alpha value is -1.14. The largest absolute Gasteiger partial charge is 0.480 e. The van der Waals surface area contributed by atoms with E-state index in [1.165, 1.54) is 0 Å². The van der Waals surface area contributed by atoms with Gasteiger partial charge in [0.25, 0.3) is 0 Å². The van der Waals surface area contributed by atoms with Crippen LogP contribution in [-0.2, 0) is 6.61 Å². The molecule has 1 aromatic carbocycles. The van der Waals surface area contributed by atoms with E-state index in [1.54, 1.807) is 13.3 Å². The predicted molar refractivity (Wildman–Crippen MR) is 74.8 cm³/mol. The van der Waals surface area contributed by atoms with Crippen LogP contribution in [0.4, 0.5) is 0 Å². The van der Waals surface area contributed by atoms with Crippen LogP contribution in [0.3, 0.4) is 0 Å². The molecule has 0 N–H and O–H groups in total. The molecule has 0 radical (unpaired) electrons. The molecule has 0 amide bonds. The van der Waals surface area contributed by atoms with E-state index in [2.05, 4.69) is 41.8 Å². The smallest absolute Gasteiger partial charge is 0.320 e. The third kappa shape index (κ3) is 3.20. The Kier molecular flexibility index (Phi) is 4.54. The summed E-state index contributed by atoms with van der Waals surface area (Å²) < 4.78 is 12.3. The Morgan fingerprint density at radius 3 is 2.67 bits per heavy atom. The van der Waals surface area contributed by atoms with E-state index < -0.39 is 0 Å². The zero-order chi connectivity index (χ0) is 13.0. The zero-order valence-corrected chi connectivity index (χ0v) is 12.7. The molecule has 0 bridgehead atoms. The topological polar surface area (TPSA) is 44.2 Å². The molecule has 0 saturated carbocycles. The molecule has 1 heterocycles. The highest BCUT2D eigenvalue weighted by Gasteiger charge is 2.07. The maximum absolute atomic E-state index is 5.52. The number of rotatable bonds is 4. The fourth-order valence-electron chi connectivity index (χ4n) is 1.31. The first-order chi connectivity index (χ1) is 8.70. The summed E-state index contributed by atoms with van der Waals surface area (Å²) in [6, 6.07) is 8.12. The van der Waals surface area contributed by atoms with Gasteiger partial charge in [0.05, 0.1) is 17.8 Å². The van der Waals surface area contributed by atoms with Gasteiger partial charge in [-0.25, -0.2) is 4.98 Å². The van der Waals surface area contributed by atoms with Gasteiger partial charge in [-0.05, 0) is 22.0 Å². The van der Waals surface area contributed by atoms with E-state index >= 15 is 0 Å². The summed E-state index contributed by atoms with van der Waals surface area (Å²) >= 11 is 6.74. The summed E-state index contributed by atoms with van der Waals surface area (Å²) in [5, 5.41) is 0. The molecule has 6 heteroatoms. The van der Waals surface area contributed by atoms with Crippen LogP contribution in [0, 0.1) is 0 Å². The fraction of sp³-hybridized carbons (Fsp3) is 0.167. The van der Waals surface area contributed by atoms with Crippen molar-refractivity contribution >= 4 is 31.9 Å². The van der Waals surface area contributed by atoms with Gasteiger partial charge in [-0.2, -0.15) is 4.98 Å². The van der Waals surface area contributed by atoms with Gasteiger partial charge in [-0.15, -0.1) is 0 Å². The molecule has 0 fully saturated rings. The average molecular weight is 374 g/mol. The number of nitrogens with zero attached hydrogens (tertiary/aromatic N) is 2. The van der Waals surface area contributed by atoms with Crippen molar-refractivity contribution in [2.24, 2.45) is 0 Å². The highest BCUT2D eigenvalue weighted by Crippen LogP contribution is 2.23. The van der Waals surface area contributed by atoms with Crippen molar-refractivity contribution in [2.45, 2.75) is 6.61 Å². The maximum Gasteiger partial charge on any atom is 0.320 e. The van der Waals surface area contributed by atoms with Gasteiger partial charge < -0.3 is 9.47 Å². The Labute approximate surface area is 122 Å². The summed E-state index contributed by atoms with van der Waals surface area (Å²) in [6.07, 6.45) is 1.60. The number of methoxy groups -OCH3 is 1. The molecule has 0 aliphatic heterocycles. The first-order valence-corrected chi connectivity index (χ1v) is 6.72. The van der Waals surface area contributed by atoms with E-state index in [0.717, 1.165) is 10.0 Å². The Morgan fingerprint density at radius 1 is 1.17 bits per heavy atom. The highest BCUT2D eigenvalue weighted by molar-refractivity contribution is 9.10. The highest BCUT2D eigenvalue weighted by atomic mass is 79.9. The van der Waals surface area contributed by atoms with Crippen LogP contribution in [0.5, 0.6) is 11.9 Å². The van der Waals surface area contributed by atoms with Crippen LogP contribution in [0.2, 0.25) is 0 Å². The first kappa shape index (κ1) is 13.3. The summed E-state index contributed by atoms with van der Waals surface area (Å²) in [5.74, 6) is 0.451. The van der Waals surface area contributed by atoms with Crippen LogP contribution < -0.4 is 9.47 Å². The van der Waals surface area contributed by atoms with Gasteiger partial charge >= 0.3 is 6.01 Å². The van der Waals surface area contributed by atoms with Crippen molar-refractivity contribution in [3.05, 3.63) is 45.0 Å². The fourth-order valence-corrected chi connectivity index (χ4v) is 2.06. The van der Waals surface area contributed by atoms with Crippen molar-refractivity contribution < 1.29 is 9.47 Å². The lowest BCUT2D eigenvalue weighted by Crippen LogP contribution is -2.01. The van der Waals surface area contributed by atoms with Crippen molar-refractivity contribution in [3.8, 4) is 11.9 Å². The quantitative estimate of drug-likeness (QED) is 0.821. The lowest BCUT2D eigenvalue weighted by Gasteiger charge is -2.07. The molecule has 0 saturated heterocycles. The summed E-state index contributed by atoms with van der Waals surface area (Å²) in [6.45, 7) is 0.395. The second kappa shape index (κ2) is 6.15. The molecule has 0 atom stereocenters. The monoisotopic (exact) mass is 372 g/mol. The number of benzene rings is 1. The lowest BCUT2D eigenvalue weighted by molar-refractivity contribution is 0.272. The average Bonchev–Trinajstić information content (AvgIpc) is 2.39. The zero-order valence-electron chi connectivity index (χ0n) is 9.56. The van der Waals surface area contributed by atoms with Crippen LogP contribution in [0.15, 0.2) is 39.4 Å². The third-order valence-electron chi connectivity index (χ3n) is 2.20. The molecule has 2 rings (SSSR count). The molecule has 1 aromatic heterocycles. The molecule has 0 unspecified atom stereocenters. The SMILES string of the molecule is COc1nc(OCc2ccccc2Br)ncc1Br. The Morgan fingerprint density at radius 2 is 1.94 bits per heavy atom. The lowest BCUT2D eigenvalue weighted by atomic mass is 10.2. The summed E-state index contributed by atoms with van der Waals surface area (Å²) in [4.78, 5) is 8.17. The van der Waals surface area contributed by atoms with Crippen molar-refractivity contribution in [3.63, 3.8) is 0 Å². The maximum atomic E-state index is 5.52. The number of aromatic nitrogens is 2. The number of halogens is 2. The molecule has 0 aliphatic rings. The molecular weight excluding hydrogens is 364 g/mol. The number of hydrogen-bond acceptors (Lipinski definition) is 4. The first-order valence-electron chi connectivity index (χ1n) is 5.13. The normalized spacial score (nSPS) is 10.2. The van der Waals surface area contributed by atoms with Gasteiger partial charge in [-0.3, -0.25) is 0 Å². The van der Waals surface area contributed by atoms with Gasteiger partial charge in [0.2, 0.25) is 5.88 Å². The van der Waals surface area contributed by atoms with Crippen molar-refractivity contribution in [1.82, 2.24) is 9.97 Å². The third-order valence-corrected chi connectivity index (χ3v) is 3.52. The van der Waals surface area contributed by atoms with Gasteiger partial charge in [-0.1, -0.05) is 34.1 Å². The standard InChI is InChI=1S/C12H10Br2N2O2/c1-17-11-10(14)6-15-12(16-11)18-7-8-4-2-3-5-9(8)13/h2-6H,7H2,1H3. The molecule has 2 aromatic rings. The minimum absolute atomic E-state index is 0.283. The summed E-state index contributed by atoms with van der Waals surface area (Å²) in [5.41, 5.74) is 1.03. The van der Waals surface area contributed by atoms with Gasteiger partial charge in [0.15, 0.2) is 0 Å². The molecular formula is C12H10Br2N2O2. The van der Waals surface area contributed by atoms with E-state index in [1.807, 2.05) is 24.3 Å². The van der Waals surface area contributed by atoms with Crippen molar-refractivity contribution in [2.75, 3.05) is 7.11 Å².